The van der Waals surface area contributed by atoms with Crippen LogP contribution in [0.15, 0.2) is 48.5 Å². The summed E-state index contributed by atoms with van der Waals surface area (Å²) >= 11 is 0. The molecule has 1 aliphatic heterocycles. The lowest BCUT2D eigenvalue weighted by Gasteiger charge is -2.39. The molecule has 0 spiro atoms. The van der Waals surface area contributed by atoms with E-state index in [1.54, 1.807) is 0 Å². The van der Waals surface area contributed by atoms with Crippen molar-refractivity contribution in [3.05, 3.63) is 65.2 Å². The number of aryl methyl sites for hydroxylation is 2. The lowest BCUT2D eigenvalue weighted by atomic mass is 9.88. The van der Waals surface area contributed by atoms with Crippen LogP contribution in [0.25, 0.3) is 0 Å². The summed E-state index contributed by atoms with van der Waals surface area (Å²) in [5, 5.41) is 0. The zero-order valence-electron chi connectivity index (χ0n) is 15.1. The van der Waals surface area contributed by atoms with Gasteiger partial charge in [-0.1, -0.05) is 55.5 Å². The first-order chi connectivity index (χ1) is 11.0. The Hall–Kier alpha value is -1.76. The minimum Gasteiger partial charge on any atom is -0.363 e. The summed E-state index contributed by atoms with van der Waals surface area (Å²) in [5.41, 5.74) is 5.99. The number of para-hydroxylation sites is 1. The van der Waals surface area contributed by atoms with Crippen LogP contribution >= 0.6 is 0 Å². The fraction of sp³-hybridized carbons (Fsp3) is 0.455. The highest BCUT2D eigenvalue weighted by Gasteiger charge is 2.45. The van der Waals surface area contributed by atoms with E-state index in [0.29, 0.717) is 12.0 Å². The molecule has 0 N–H and O–H groups in total. The molecule has 23 heavy (non-hydrogen) atoms. The van der Waals surface area contributed by atoms with Crippen molar-refractivity contribution in [2.24, 2.45) is 0 Å². The van der Waals surface area contributed by atoms with E-state index in [-0.39, 0.29) is 5.54 Å². The highest BCUT2D eigenvalue weighted by atomic mass is 15.3. The molecule has 1 saturated heterocycles. The van der Waals surface area contributed by atoms with Gasteiger partial charge in [0.15, 0.2) is 0 Å². The van der Waals surface area contributed by atoms with Crippen LogP contribution in [-0.2, 0) is 6.42 Å². The highest BCUT2D eigenvalue weighted by molar-refractivity contribution is 5.63. The highest BCUT2D eigenvalue weighted by Crippen LogP contribution is 2.47. The van der Waals surface area contributed by atoms with E-state index < -0.39 is 0 Å². The maximum atomic E-state index is 2.69. The van der Waals surface area contributed by atoms with E-state index in [2.05, 4.69) is 88.0 Å². The minimum atomic E-state index is 0.177. The van der Waals surface area contributed by atoms with E-state index in [0.717, 1.165) is 6.42 Å². The molecule has 1 heteroatoms. The first-order valence-electron chi connectivity index (χ1n) is 8.88. The van der Waals surface area contributed by atoms with Gasteiger partial charge in [-0.05, 0) is 57.2 Å². The summed E-state index contributed by atoms with van der Waals surface area (Å²) in [4.78, 5) is 2.69. The quantitative estimate of drug-likeness (QED) is 0.701. The summed E-state index contributed by atoms with van der Waals surface area (Å²) in [7, 11) is 0. The second-order valence-electron chi connectivity index (χ2n) is 7.58. The van der Waals surface area contributed by atoms with Crippen molar-refractivity contribution in [2.45, 2.75) is 65.0 Å². The Kier molecular flexibility index (Phi) is 4.23. The van der Waals surface area contributed by atoms with Crippen molar-refractivity contribution >= 4 is 5.69 Å². The number of rotatable bonds is 3. The van der Waals surface area contributed by atoms with Gasteiger partial charge in [0.1, 0.15) is 0 Å². The van der Waals surface area contributed by atoms with Crippen LogP contribution in [0, 0.1) is 6.92 Å². The second-order valence-corrected chi connectivity index (χ2v) is 7.58. The van der Waals surface area contributed by atoms with E-state index in [1.165, 1.54) is 28.8 Å². The number of anilines is 1. The Bertz CT molecular complexity index is 672. The molecule has 2 aromatic rings. The van der Waals surface area contributed by atoms with Crippen LogP contribution < -0.4 is 4.90 Å². The van der Waals surface area contributed by atoms with Crippen LogP contribution in [0.4, 0.5) is 5.69 Å². The van der Waals surface area contributed by atoms with Gasteiger partial charge in [-0.15, -0.1) is 0 Å². The van der Waals surface area contributed by atoms with Crippen molar-refractivity contribution in [1.29, 1.82) is 0 Å². The van der Waals surface area contributed by atoms with Crippen molar-refractivity contribution in [2.75, 3.05) is 4.90 Å². The maximum absolute atomic E-state index is 2.69. The maximum Gasteiger partial charge on any atom is 0.0435 e. The summed E-state index contributed by atoms with van der Waals surface area (Å²) in [6, 6.07) is 18.3. The molecule has 0 bridgehead atoms. The second kappa shape index (κ2) is 6.03. The average Bonchev–Trinajstić information content (AvgIpc) is 2.78. The molecule has 122 valence electrons. The SMILES string of the molecule is CCc1cccc(C)c1N1C(C)C(c2ccccc2)CC1(C)C. The summed E-state index contributed by atoms with van der Waals surface area (Å²) < 4.78 is 0. The van der Waals surface area contributed by atoms with Gasteiger partial charge in [-0.25, -0.2) is 0 Å². The number of nitrogens with zero attached hydrogens (tertiary/aromatic N) is 1. The fourth-order valence-electron chi connectivity index (χ4n) is 4.49. The molecule has 2 aromatic carbocycles. The summed E-state index contributed by atoms with van der Waals surface area (Å²) in [6.07, 6.45) is 2.29. The minimum absolute atomic E-state index is 0.177. The molecular formula is C22H29N. The standard InChI is InChI=1S/C22H29N/c1-6-18-14-10-11-16(2)21(18)23-17(3)20(15-22(23,4)5)19-12-8-7-9-13-19/h7-14,17,20H,6,15H2,1-5H3. The first-order valence-corrected chi connectivity index (χ1v) is 8.88. The van der Waals surface area contributed by atoms with Gasteiger partial charge >= 0.3 is 0 Å². The molecule has 0 radical (unpaired) electrons. The summed E-state index contributed by atoms with van der Waals surface area (Å²) in [5.74, 6) is 0.593. The normalized spacial score (nSPS) is 23.3. The third kappa shape index (κ3) is 2.78. The third-order valence-corrected chi connectivity index (χ3v) is 5.53. The molecule has 3 rings (SSSR count). The topological polar surface area (TPSA) is 3.24 Å². The third-order valence-electron chi connectivity index (χ3n) is 5.53. The lowest BCUT2D eigenvalue weighted by molar-refractivity contribution is 0.501. The lowest BCUT2D eigenvalue weighted by Crippen LogP contribution is -2.43. The predicted molar refractivity (Wildman–Crippen MR) is 100 cm³/mol. The van der Waals surface area contributed by atoms with Gasteiger partial charge < -0.3 is 4.90 Å². The van der Waals surface area contributed by atoms with E-state index >= 15 is 0 Å². The van der Waals surface area contributed by atoms with E-state index in [9.17, 15) is 0 Å². The number of hydrogen-bond acceptors (Lipinski definition) is 1. The van der Waals surface area contributed by atoms with Crippen LogP contribution in [0.2, 0.25) is 0 Å². The Morgan fingerprint density at radius 1 is 1.04 bits per heavy atom. The van der Waals surface area contributed by atoms with Crippen LogP contribution in [0.3, 0.4) is 0 Å². The zero-order chi connectivity index (χ0) is 16.6. The predicted octanol–water partition coefficient (Wildman–Crippen LogP) is 5.72. The molecule has 1 aliphatic rings. The fourth-order valence-corrected chi connectivity index (χ4v) is 4.49. The Labute approximate surface area is 141 Å². The molecular weight excluding hydrogens is 278 g/mol. The first kappa shape index (κ1) is 16.1. The molecule has 1 fully saturated rings. The van der Waals surface area contributed by atoms with Gasteiger partial charge in [0, 0.05) is 23.2 Å². The zero-order valence-corrected chi connectivity index (χ0v) is 15.1. The van der Waals surface area contributed by atoms with Gasteiger partial charge in [-0.3, -0.25) is 0 Å². The van der Waals surface area contributed by atoms with Crippen molar-refractivity contribution in [3.8, 4) is 0 Å². The largest absolute Gasteiger partial charge is 0.363 e. The number of hydrogen-bond donors (Lipinski definition) is 0. The number of benzene rings is 2. The summed E-state index contributed by atoms with van der Waals surface area (Å²) in [6.45, 7) is 11.7. The van der Waals surface area contributed by atoms with Gasteiger partial charge in [0.2, 0.25) is 0 Å². The van der Waals surface area contributed by atoms with Gasteiger partial charge in [0.05, 0.1) is 0 Å². The molecule has 1 heterocycles. The van der Waals surface area contributed by atoms with Crippen molar-refractivity contribution in [1.82, 2.24) is 0 Å². The average molecular weight is 307 g/mol. The Morgan fingerprint density at radius 2 is 1.74 bits per heavy atom. The van der Waals surface area contributed by atoms with E-state index in [1.807, 2.05) is 0 Å². The Balaban J connectivity index is 2.06. The molecule has 1 nitrogen and oxygen atoms in total. The van der Waals surface area contributed by atoms with Crippen LogP contribution in [0.1, 0.15) is 56.7 Å². The van der Waals surface area contributed by atoms with Gasteiger partial charge in [-0.2, -0.15) is 0 Å². The van der Waals surface area contributed by atoms with Crippen molar-refractivity contribution in [3.63, 3.8) is 0 Å². The monoisotopic (exact) mass is 307 g/mol. The smallest absolute Gasteiger partial charge is 0.0435 e. The Morgan fingerprint density at radius 3 is 2.39 bits per heavy atom. The molecule has 2 atom stereocenters. The molecule has 0 aliphatic carbocycles. The molecule has 0 saturated carbocycles. The van der Waals surface area contributed by atoms with E-state index in [4.69, 9.17) is 0 Å². The van der Waals surface area contributed by atoms with Crippen molar-refractivity contribution < 1.29 is 0 Å². The van der Waals surface area contributed by atoms with Crippen LogP contribution in [-0.4, -0.2) is 11.6 Å². The molecule has 2 unspecified atom stereocenters. The van der Waals surface area contributed by atoms with Gasteiger partial charge in [0.25, 0.3) is 0 Å². The molecule has 0 amide bonds. The van der Waals surface area contributed by atoms with Crippen LogP contribution in [0.5, 0.6) is 0 Å². The molecule has 0 aromatic heterocycles.